The van der Waals surface area contributed by atoms with Crippen molar-refractivity contribution in [3.05, 3.63) is 164 Å². The summed E-state index contributed by atoms with van der Waals surface area (Å²) in [6, 6.07) is 56.4. The number of hydrogen-bond acceptors (Lipinski definition) is 5. The Morgan fingerprint density at radius 3 is 1.54 bits per heavy atom. The van der Waals surface area contributed by atoms with Crippen LogP contribution in [-0.2, 0) is 0 Å². The molecule has 0 spiro atoms. The molecule has 0 amide bonds. The van der Waals surface area contributed by atoms with E-state index in [-0.39, 0.29) is 0 Å². The zero-order valence-electron chi connectivity index (χ0n) is 27.7. The first-order valence-corrected chi connectivity index (χ1v) is 17.3. The van der Waals surface area contributed by atoms with Crippen LogP contribution in [0.15, 0.2) is 173 Å². The maximum atomic E-state index is 6.55. The van der Waals surface area contributed by atoms with Crippen LogP contribution in [0.3, 0.4) is 0 Å². The third kappa shape index (κ3) is 4.53. The summed E-state index contributed by atoms with van der Waals surface area (Å²) in [4.78, 5) is 15.6. The van der Waals surface area contributed by atoms with E-state index >= 15 is 0 Å². The molecule has 0 saturated carbocycles. The smallest absolute Gasteiger partial charge is 0.164 e. The van der Waals surface area contributed by atoms with Gasteiger partial charge in [-0.15, -0.1) is 0 Å². The highest BCUT2D eigenvalue weighted by Gasteiger charge is 2.21. The van der Waals surface area contributed by atoms with E-state index < -0.39 is 0 Å². The monoisotopic (exact) mass is 665 g/mol. The van der Waals surface area contributed by atoms with E-state index in [1.54, 1.807) is 0 Å². The maximum Gasteiger partial charge on any atom is 0.164 e. The van der Waals surface area contributed by atoms with Gasteiger partial charge >= 0.3 is 0 Å². The van der Waals surface area contributed by atoms with Gasteiger partial charge < -0.3 is 8.83 Å². The zero-order chi connectivity index (χ0) is 34.2. The second-order valence-electron chi connectivity index (χ2n) is 13.2. The molecule has 0 radical (unpaired) electrons. The van der Waals surface area contributed by atoms with Gasteiger partial charge in [0.2, 0.25) is 0 Å². The van der Waals surface area contributed by atoms with Crippen molar-refractivity contribution in [2.75, 3.05) is 0 Å². The van der Waals surface area contributed by atoms with Gasteiger partial charge in [-0.1, -0.05) is 121 Å². The molecule has 0 bridgehead atoms. The first-order chi connectivity index (χ1) is 25.7. The number of para-hydroxylation sites is 2. The lowest BCUT2D eigenvalue weighted by Gasteiger charge is -2.12. The second-order valence-corrected chi connectivity index (χ2v) is 13.2. The summed E-state index contributed by atoms with van der Waals surface area (Å²) in [5.74, 6) is 1.72. The number of rotatable bonds is 4. The number of fused-ring (bicyclic) bond motifs is 8. The van der Waals surface area contributed by atoms with Crippen molar-refractivity contribution in [2.45, 2.75) is 0 Å². The summed E-state index contributed by atoms with van der Waals surface area (Å²) in [5, 5.41) is 8.77. The van der Waals surface area contributed by atoms with Gasteiger partial charge in [0.1, 0.15) is 22.3 Å². The maximum absolute atomic E-state index is 6.55. The summed E-state index contributed by atoms with van der Waals surface area (Å²) in [5.41, 5.74) is 8.00. The molecule has 0 fully saturated rings. The van der Waals surface area contributed by atoms with Crippen LogP contribution >= 0.6 is 0 Å². The van der Waals surface area contributed by atoms with Gasteiger partial charge in [-0.2, -0.15) is 0 Å². The average molecular weight is 666 g/mol. The molecule has 8 aromatic carbocycles. The lowest BCUT2D eigenvalue weighted by molar-refractivity contribution is 0.668. The zero-order valence-corrected chi connectivity index (χ0v) is 27.7. The van der Waals surface area contributed by atoms with Gasteiger partial charge in [-0.3, -0.25) is 0 Å². The van der Waals surface area contributed by atoms with E-state index in [1.165, 1.54) is 10.8 Å². The lowest BCUT2D eigenvalue weighted by Crippen LogP contribution is -2.01. The highest BCUT2D eigenvalue weighted by atomic mass is 16.3. The fourth-order valence-corrected chi connectivity index (χ4v) is 7.61. The largest absolute Gasteiger partial charge is 0.456 e. The molecule has 0 unspecified atom stereocenters. The Bertz CT molecular complexity index is 3210. The van der Waals surface area contributed by atoms with Crippen molar-refractivity contribution in [1.82, 2.24) is 15.0 Å². The van der Waals surface area contributed by atoms with E-state index in [0.717, 1.165) is 82.5 Å². The van der Waals surface area contributed by atoms with Crippen molar-refractivity contribution in [3.8, 4) is 45.3 Å². The van der Waals surface area contributed by atoms with E-state index in [1.807, 2.05) is 42.5 Å². The highest BCUT2D eigenvalue weighted by Crippen LogP contribution is 2.41. The predicted molar refractivity (Wildman–Crippen MR) is 211 cm³/mol. The molecule has 11 rings (SSSR count). The van der Waals surface area contributed by atoms with Crippen LogP contribution in [0.5, 0.6) is 0 Å². The van der Waals surface area contributed by atoms with Crippen molar-refractivity contribution < 1.29 is 8.83 Å². The minimum atomic E-state index is 0.558. The molecule has 5 heteroatoms. The van der Waals surface area contributed by atoms with Crippen LogP contribution in [0, 0.1) is 0 Å². The number of aromatic nitrogens is 3. The second kappa shape index (κ2) is 11.2. The summed E-state index contributed by atoms with van der Waals surface area (Å²) < 4.78 is 12.8. The van der Waals surface area contributed by atoms with E-state index in [2.05, 4.69) is 121 Å². The van der Waals surface area contributed by atoms with E-state index in [9.17, 15) is 0 Å². The topological polar surface area (TPSA) is 65.0 Å². The molecule has 52 heavy (non-hydrogen) atoms. The predicted octanol–water partition coefficient (Wildman–Crippen LogP) is 12.6. The molecule has 3 heterocycles. The summed E-state index contributed by atoms with van der Waals surface area (Å²) in [6.07, 6.45) is 0. The van der Waals surface area contributed by atoms with Crippen LogP contribution in [0.25, 0.3) is 111 Å². The normalized spacial score (nSPS) is 11.8. The van der Waals surface area contributed by atoms with Crippen LogP contribution < -0.4 is 0 Å². The van der Waals surface area contributed by atoms with Gasteiger partial charge in [0.05, 0.1) is 0 Å². The van der Waals surface area contributed by atoms with Gasteiger partial charge in [0.15, 0.2) is 17.5 Å². The first-order valence-electron chi connectivity index (χ1n) is 17.3. The first kappa shape index (κ1) is 28.7. The lowest BCUT2D eigenvalue weighted by atomic mass is 9.95. The van der Waals surface area contributed by atoms with Gasteiger partial charge in [0.25, 0.3) is 0 Å². The minimum Gasteiger partial charge on any atom is -0.456 e. The minimum absolute atomic E-state index is 0.558. The third-order valence-corrected chi connectivity index (χ3v) is 10.1. The summed E-state index contributed by atoms with van der Waals surface area (Å²) in [7, 11) is 0. The molecule has 5 nitrogen and oxygen atoms in total. The highest BCUT2D eigenvalue weighted by molar-refractivity contribution is 6.14. The van der Waals surface area contributed by atoms with Gasteiger partial charge in [-0.05, 0) is 75.1 Å². The third-order valence-electron chi connectivity index (χ3n) is 10.1. The van der Waals surface area contributed by atoms with Gasteiger partial charge in [-0.25, -0.2) is 15.0 Å². The Balaban J connectivity index is 1.20. The molecule has 0 aliphatic carbocycles. The van der Waals surface area contributed by atoms with Crippen molar-refractivity contribution in [3.63, 3.8) is 0 Å². The number of furan rings is 2. The van der Waals surface area contributed by atoms with Crippen LogP contribution in [0.4, 0.5) is 0 Å². The Morgan fingerprint density at radius 2 is 0.827 bits per heavy atom. The van der Waals surface area contributed by atoms with Crippen LogP contribution in [-0.4, -0.2) is 15.0 Å². The Hall–Kier alpha value is -7.11. The van der Waals surface area contributed by atoms with Crippen molar-refractivity contribution in [1.29, 1.82) is 0 Å². The summed E-state index contributed by atoms with van der Waals surface area (Å²) >= 11 is 0. The van der Waals surface area contributed by atoms with Crippen LogP contribution in [0.2, 0.25) is 0 Å². The van der Waals surface area contributed by atoms with E-state index in [0.29, 0.717) is 17.5 Å². The quantitative estimate of drug-likeness (QED) is 0.187. The fourth-order valence-electron chi connectivity index (χ4n) is 7.61. The SMILES string of the molecule is c1ccc2cc(-c3nc(-c4cc(-c5ccc6ccccc6c5)c5c(c4)oc4ccccc45)nc(-c4cccc5oc6ccccc6c45)n3)ccc2c1. The fraction of sp³-hybridized carbons (Fsp3) is 0. The molecule has 0 atom stereocenters. The molecule has 242 valence electrons. The molecule has 0 aliphatic rings. The number of nitrogens with zero attached hydrogens (tertiary/aromatic N) is 3. The van der Waals surface area contributed by atoms with Crippen molar-refractivity contribution >= 4 is 65.4 Å². The Labute approximate surface area is 297 Å². The number of hydrogen-bond donors (Lipinski definition) is 0. The van der Waals surface area contributed by atoms with Crippen LogP contribution in [0.1, 0.15) is 0 Å². The molecular weight excluding hydrogens is 639 g/mol. The Kier molecular flexibility index (Phi) is 6.18. The summed E-state index contributed by atoms with van der Waals surface area (Å²) in [6.45, 7) is 0. The molecule has 11 aromatic rings. The molecular formula is C47H27N3O2. The Morgan fingerprint density at radius 1 is 0.308 bits per heavy atom. The molecule has 0 aliphatic heterocycles. The standard InChI is InChI=1S/C47H27N3O2/c1-3-12-30-24-32(22-20-28(30)10-1)38-26-34(27-42-44(38)36-15-6-8-18-40(36)52-42)46-48-45(33-23-21-29-11-2-4-13-31(29)25-33)49-47(50-46)37-16-9-19-41-43(37)35-14-5-7-17-39(35)51-41/h1-27H. The average Bonchev–Trinajstić information content (AvgIpc) is 3.78. The molecule has 0 N–H and O–H groups in total. The van der Waals surface area contributed by atoms with E-state index in [4.69, 9.17) is 23.8 Å². The number of benzene rings is 8. The molecule has 3 aromatic heterocycles. The van der Waals surface area contributed by atoms with Gasteiger partial charge in [0, 0.05) is 38.2 Å². The van der Waals surface area contributed by atoms with Crippen molar-refractivity contribution in [2.24, 2.45) is 0 Å². The molecule has 0 saturated heterocycles.